The Balaban J connectivity index is 3.14. The number of rotatable bonds is 2. The zero-order valence-corrected chi connectivity index (χ0v) is 8.80. The van der Waals surface area contributed by atoms with Crippen LogP contribution in [-0.4, -0.2) is 5.75 Å². The summed E-state index contributed by atoms with van der Waals surface area (Å²) in [6.07, 6.45) is -4.24. The van der Waals surface area contributed by atoms with Crippen molar-refractivity contribution in [2.45, 2.75) is 24.9 Å². The standard InChI is InChI=1S/C10H11F3S/c1-3-14-9-6-4-5-8(7(9)2)10(11,12)13/h4-6H,3H2,1-2H3. The lowest BCUT2D eigenvalue weighted by molar-refractivity contribution is -0.138. The van der Waals surface area contributed by atoms with Crippen molar-refractivity contribution in [2.75, 3.05) is 5.75 Å². The average molecular weight is 220 g/mol. The van der Waals surface area contributed by atoms with Crippen molar-refractivity contribution >= 4 is 11.8 Å². The van der Waals surface area contributed by atoms with E-state index >= 15 is 0 Å². The molecule has 0 amide bonds. The first-order valence-corrected chi connectivity index (χ1v) is 5.25. The van der Waals surface area contributed by atoms with E-state index < -0.39 is 11.7 Å². The molecule has 0 aliphatic rings. The molecular weight excluding hydrogens is 209 g/mol. The number of thioether (sulfide) groups is 1. The number of benzene rings is 1. The molecule has 0 fully saturated rings. The maximum absolute atomic E-state index is 12.5. The molecule has 1 aromatic carbocycles. The minimum atomic E-state index is -4.24. The van der Waals surface area contributed by atoms with Crippen molar-refractivity contribution < 1.29 is 13.2 Å². The molecule has 0 radical (unpaired) electrons. The lowest BCUT2D eigenvalue weighted by Crippen LogP contribution is -2.07. The number of alkyl halides is 3. The van der Waals surface area contributed by atoms with E-state index in [4.69, 9.17) is 0 Å². The van der Waals surface area contributed by atoms with Crippen LogP contribution in [0.5, 0.6) is 0 Å². The zero-order chi connectivity index (χ0) is 10.8. The molecule has 0 aliphatic carbocycles. The molecule has 0 atom stereocenters. The van der Waals surface area contributed by atoms with E-state index in [0.29, 0.717) is 10.5 Å². The largest absolute Gasteiger partial charge is 0.416 e. The van der Waals surface area contributed by atoms with Crippen LogP contribution in [0, 0.1) is 6.92 Å². The van der Waals surface area contributed by atoms with Gasteiger partial charge in [-0.05, 0) is 30.4 Å². The van der Waals surface area contributed by atoms with Crippen LogP contribution >= 0.6 is 11.8 Å². The first-order chi connectivity index (χ1) is 6.46. The smallest absolute Gasteiger partial charge is 0.166 e. The summed E-state index contributed by atoms with van der Waals surface area (Å²) in [4.78, 5) is 0.710. The van der Waals surface area contributed by atoms with E-state index in [1.165, 1.54) is 24.8 Å². The van der Waals surface area contributed by atoms with Crippen LogP contribution in [0.1, 0.15) is 18.1 Å². The van der Waals surface area contributed by atoms with Gasteiger partial charge in [0, 0.05) is 4.90 Å². The predicted molar refractivity (Wildman–Crippen MR) is 52.6 cm³/mol. The van der Waals surface area contributed by atoms with Crippen LogP contribution in [0.2, 0.25) is 0 Å². The molecule has 0 aromatic heterocycles. The SMILES string of the molecule is CCSc1cccc(C(F)(F)F)c1C. The highest BCUT2D eigenvalue weighted by atomic mass is 32.2. The van der Waals surface area contributed by atoms with Gasteiger partial charge in [-0.25, -0.2) is 0 Å². The maximum Gasteiger partial charge on any atom is 0.416 e. The fraction of sp³-hybridized carbons (Fsp3) is 0.400. The van der Waals surface area contributed by atoms with Gasteiger partial charge >= 0.3 is 6.18 Å². The van der Waals surface area contributed by atoms with Crippen LogP contribution < -0.4 is 0 Å². The lowest BCUT2D eigenvalue weighted by atomic mass is 10.1. The molecule has 0 aliphatic heterocycles. The van der Waals surface area contributed by atoms with E-state index in [1.807, 2.05) is 6.92 Å². The second-order valence-electron chi connectivity index (χ2n) is 2.86. The average Bonchev–Trinajstić information content (AvgIpc) is 2.07. The Morgan fingerprint density at radius 1 is 1.29 bits per heavy atom. The van der Waals surface area contributed by atoms with Crippen molar-refractivity contribution in [2.24, 2.45) is 0 Å². The molecule has 0 heterocycles. The highest BCUT2D eigenvalue weighted by Gasteiger charge is 2.32. The molecule has 0 saturated heterocycles. The van der Waals surface area contributed by atoms with E-state index in [1.54, 1.807) is 6.07 Å². The molecular formula is C10H11F3S. The minimum Gasteiger partial charge on any atom is -0.166 e. The third kappa shape index (κ3) is 2.44. The Hall–Kier alpha value is -0.640. The normalized spacial score (nSPS) is 11.8. The Kier molecular flexibility index (Phi) is 3.48. The maximum atomic E-state index is 12.5. The Morgan fingerprint density at radius 2 is 1.93 bits per heavy atom. The summed E-state index contributed by atoms with van der Waals surface area (Å²) < 4.78 is 37.4. The van der Waals surface area contributed by atoms with Crippen LogP contribution in [0.4, 0.5) is 13.2 Å². The monoisotopic (exact) mass is 220 g/mol. The van der Waals surface area contributed by atoms with Crippen molar-refractivity contribution in [3.05, 3.63) is 29.3 Å². The third-order valence-electron chi connectivity index (χ3n) is 1.89. The van der Waals surface area contributed by atoms with Gasteiger partial charge in [-0.15, -0.1) is 11.8 Å². The van der Waals surface area contributed by atoms with Gasteiger partial charge in [-0.3, -0.25) is 0 Å². The van der Waals surface area contributed by atoms with Gasteiger partial charge in [0.15, 0.2) is 0 Å². The van der Waals surface area contributed by atoms with Gasteiger partial charge in [0.2, 0.25) is 0 Å². The fourth-order valence-corrected chi connectivity index (χ4v) is 2.05. The van der Waals surface area contributed by atoms with Gasteiger partial charge < -0.3 is 0 Å². The van der Waals surface area contributed by atoms with Crippen molar-refractivity contribution in [3.8, 4) is 0 Å². The quantitative estimate of drug-likeness (QED) is 0.675. The molecule has 0 bridgehead atoms. The molecule has 0 nitrogen and oxygen atoms in total. The summed E-state index contributed by atoms with van der Waals surface area (Å²) in [6, 6.07) is 4.29. The fourth-order valence-electron chi connectivity index (χ4n) is 1.23. The first kappa shape index (κ1) is 11.4. The number of hydrogen-bond donors (Lipinski definition) is 0. The lowest BCUT2D eigenvalue weighted by Gasteiger charge is -2.12. The van der Waals surface area contributed by atoms with Crippen LogP contribution in [-0.2, 0) is 6.18 Å². The second kappa shape index (κ2) is 4.26. The van der Waals surface area contributed by atoms with Gasteiger partial charge in [-0.2, -0.15) is 13.2 Å². The molecule has 0 spiro atoms. The van der Waals surface area contributed by atoms with E-state index in [-0.39, 0.29) is 0 Å². The van der Waals surface area contributed by atoms with Crippen LogP contribution in [0.15, 0.2) is 23.1 Å². The number of hydrogen-bond acceptors (Lipinski definition) is 1. The molecule has 78 valence electrons. The van der Waals surface area contributed by atoms with E-state index in [0.717, 1.165) is 11.8 Å². The number of halogens is 3. The van der Waals surface area contributed by atoms with Crippen molar-refractivity contribution in [1.82, 2.24) is 0 Å². The summed E-state index contributed by atoms with van der Waals surface area (Å²) in [6.45, 7) is 3.44. The van der Waals surface area contributed by atoms with E-state index in [2.05, 4.69) is 0 Å². The third-order valence-corrected chi connectivity index (χ3v) is 2.93. The molecule has 1 aromatic rings. The topological polar surface area (TPSA) is 0 Å². The summed E-state index contributed by atoms with van der Waals surface area (Å²) in [5.41, 5.74) is -0.206. The van der Waals surface area contributed by atoms with Gasteiger partial charge in [0.25, 0.3) is 0 Å². The van der Waals surface area contributed by atoms with E-state index in [9.17, 15) is 13.2 Å². The molecule has 0 unspecified atom stereocenters. The Bertz CT molecular complexity index is 318. The molecule has 4 heteroatoms. The highest BCUT2D eigenvalue weighted by molar-refractivity contribution is 7.99. The zero-order valence-electron chi connectivity index (χ0n) is 7.98. The summed E-state index contributed by atoms with van der Waals surface area (Å²) in [5.74, 6) is 0.780. The molecule has 1 rings (SSSR count). The Morgan fingerprint density at radius 3 is 2.43 bits per heavy atom. The van der Waals surface area contributed by atoms with Gasteiger partial charge in [-0.1, -0.05) is 13.0 Å². The van der Waals surface area contributed by atoms with Crippen LogP contribution in [0.25, 0.3) is 0 Å². The van der Waals surface area contributed by atoms with Gasteiger partial charge in [0.05, 0.1) is 5.56 Å². The second-order valence-corrected chi connectivity index (χ2v) is 4.17. The Labute approximate surface area is 85.5 Å². The molecule has 14 heavy (non-hydrogen) atoms. The predicted octanol–water partition coefficient (Wildman–Crippen LogP) is 4.13. The summed E-state index contributed by atoms with van der Waals surface area (Å²) >= 11 is 1.43. The van der Waals surface area contributed by atoms with Crippen molar-refractivity contribution in [1.29, 1.82) is 0 Å². The molecule has 0 N–H and O–H groups in total. The first-order valence-electron chi connectivity index (χ1n) is 4.26. The molecule has 0 saturated carbocycles. The summed E-state index contributed by atoms with van der Waals surface area (Å²) in [5, 5.41) is 0. The van der Waals surface area contributed by atoms with Crippen molar-refractivity contribution in [3.63, 3.8) is 0 Å². The summed E-state index contributed by atoms with van der Waals surface area (Å²) in [7, 11) is 0. The van der Waals surface area contributed by atoms with Crippen LogP contribution in [0.3, 0.4) is 0 Å². The minimum absolute atomic E-state index is 0.326. The highest BCUT2D eigenvalue weighted by Crippen LogP contribution is 2.35. The van der Waals surface area contributed by atoms with Gasteiger partial charge in [0.1, 0.15) is 0 Å².